The van der Waals surface area contributed by atoms with Crippen molar-refractivity contribution in [2.24, 2.45) is 0 Å². The number of methoxy groups -OCH3 is 1. The molecule has 212 valence electrons. The van der Waals surface area contributed by atoms with Gasteiger partial charge >= 0.3 is 24.0 Å². The second-order valence-corrected chi connectivity index (χ2v) is 9.42. The third kappa shape index (κ3) is 6.25. The summed E-state index contributed by atoms with van der Waals surface area (Å²) in [5, 5.41) is 14.2. The van der Waals surface area contributed by atoms with Gasteiger partial charge in [0.05, 0.1) is 12.7 Å². The fourth-order valence-corrected chi connectivity index (χ4v) is 4.97. The largest absolute Gasteiger partial charge is 0.477 e. The number of hydrogen-bond acceptors (Lipinski definition) is 7. The predicted octanol–water partition coefficient (Wildman–Crippen LogP) is 2.92. The highest BCUT2D eigenvalue weighted by molar-refractivity contribution is 6.08. The number of carbonyl (C=O) groups is 4. The number of aliphatic carboxylic acids is 1. The topological polar surface area (TPSA) is 141 Å². The lowest BCUT2D eigenvalue weighted by Crippen LogP contribution is -2.55. The van der Waals surface area contributed by atoms with Crippen molar-refractivity contribution in [2.75, 3.05) is 33.3 Å². The first kappa shape index (κ1) is 28.6. The molecule has 1 aromatic carbocycles. The van der Waals surface area contributed by atoms with E-state index in [4.69, 9.17) is 4.74 Å². The molecule has 3 N–H and O–H groups in total. The highest BCUT2D eigenvalue weighted by atomic mass is 19.2. The molecule has 1 fully saturated rings. The molecule has 4 rings (SSSR count). The molecule has 40 heavy (non-hydrogen) atoms. The van der Waals surface area contributed by atoms with Crippen LogP contribution in [-0.2, 0) is 14.3 Å². The molecule has 1 atom stereocenters. The average molecular weight is 558 g/mol. The molecule has 2 aliphatic rings. The molecule has 0 unspecified atom stereocenters. The lowest BCUT2D eigenvalue weighted by molar-refractivity contribution is -0.139. The van der Waals surface area contributed by atoms with Crippen molar-refractivity contribution in [1.29, 1.82) is 0 Å². The Hall–Kier alpha value is -4.39. The minimum Gasteiger partial charge on any atom is -0.477 e. The first-order valence-corrected chi connectivity index (χ1v) is 12.7. The van der Waals surface area contributed by atoms with Crippen LogP contribution in [0.25, 0.3) is 0 Å². The van der Waals surface area contributed by atoms with Gasteiger partial charge in [-0.2, -0.15) is 0 Å². The molecule has 2 aromatic rings. The number of carbonyl (C=O) groups excluding carboxylic acids is 3. The zero-order chi connectivity index (χ0) is 28.8. The number of ether oxygens (including phenoxy) is 1. The number of carboxylic acids is 1. The quantitative estimate of drug-likeness (QED) is 0.332. The molecular weight excluding hydrogens is 528 g/mol. The highest BCUT2D eigenvalue weighted by Crippen LogP contribution is 2.35. The first-order chi connectivity index (χ1) is 19.2. The predicted molar refractivity (Wildman–Crippen MR) is 137 cm³/mol. The van der Waals surface area contributed by atoms with E-state index >= 15 is 0 Å². The van der Waals surface area contributed by atoms with Gasteiger partial charge < -0.3 is 25.4 Å². The van der Waals surface area contributed by atoms with Crippen LogP contribution in [0, 0.1) is 11.6 Å². The normalized spacial score (nSPS) is 18.3. The number of nitrogens with zero attached hydrogens (tertiary/aromatic N) is 3. The smallest absolute Gasteiger partial charge is 0.353 e. The average Bonchev–Trinajstić information content (AvgIpc) is 2.96. The Morgan fingerprint density at radius 1 is 1.15 bits per heavy atom. The van der Waals surface area contributed by atoms with E-state index in [0.717, 1.165) is 50.9 Å². The number of likely N-dealkylation sites (tertiary alicyclic amines) is 1. The summed E-state index contributed by atoms with van der Waals surface area (Å²) in [6, 6.07) is 4.59. The summed E-state index contributed by atoms with van der Waals surface area (Å²) >= 11 is 0. The number of halogens is 2. The highest BCUT2D eigenvalue weighted by Gasteiger charge is 2.45. The summed E-state index contributed by atoms with van der Waals surface area (Å²) < 4.78 is 32.5. The monoisotopic (exact) mass is 557 g/mol. The van der Waals surface area contributed by atoms with Crippen LogP contribution < -0.4 is 10.6 Å². The second kappa shape index (κ2) is 12.6. The third-order valence-corrected chi connectivity index (χ3v) is 6.97. The number of hydrogen-bond donors (Lipinski definition) is 3. The summed E-state index contributed by atoms with van der Waals surface area (Å²) in [5.41, 5.74) is -0.564. The molecule has 2 aliphatic heterocycles. The minimum absolute atomic E-state index is 0.163. The molecule has 11 nitrogen and oxygen atoms in total. The van der Waals surface area contributed by atoms with Crippen LogP contribution in [-0.4, -0.2) is 77.2 Å². The second-order valence-electron chi connectivity index (χ2n) is 9.42. The van der Waals surface area contributed by atoms with Gasteiger partial charge in [-0.15, -0.1) is 0 Å². The SMILES string of the molecule is COC(=O)C1=C(C(=O)O)NC(=O)N(C(=O)NCCCN2CCC(c3ccccn3)CC2)[C@H]1c1ccc(F)c(F)c1. The number of rotatable bonds is 8. The molecule has 1 saturated heterocycles. The molecule has 0 radical (unpaired) electrons. The first-order valence-electron chi connectivity index (χ1n) is 12.7. The standard InChI is InChI=1S/C27H29F2N5O6/c1-40-25(37)21-22(24(35)36)32-27(39)34(23(21)17-6-7-18(28)19(29)15-17)26(38)31-11-4-12-33-13-8-16(9-14-33)20-5-2-3-10-30-20/h2-3,5-7,10,15-16,23H,4,8-9,11-14H2,1H3,(H,31,38)(H,32,39)(H,35,36)/t23-/m0/s1. The van der Waals surface area contributed by atoms with E-state index in [1.807, 2.05) is 23.5 Å². The summed E-state index contributed by atoms with van der Waals surface area (Å²) in [5.74, 6) is -4.95. The summed E-state index contributed by atoms with van der Waals surface area (Å²) in [6.07, 6.45) is 4.26. The fourth-order valence-electron chi connectivity index (χ4n) is 4.97. The molecule has 13 heteroatoms. The van der Waals surface area contributed by atoms with E-state index in [1.54, 1.807) is 6.20 Å². The lowest BCUT2D eigenvalue weighted by atomic mass is 9.93. The molecule has 4 amide bonds. The van der Waals surface area contributed by atoms with Gasteiger partial charge in [0, 0.05) is 24.4 Å². The van der Waals surface area contributed by atoms with E-state index in [0.29, 0.717) is 29.8 Å². The van der Waals surface area contributed by atoms with Crippen LogP contribution in [0.4, 0.5) is 18.4 Å². The Labute approximate surface area is 228 Å². The number of benzene rings is 1. The van der Waals surface area contributed by atoms with Crippen LogP contribution in [0.1, 0.15) is 42.5 Å². The van der Waals surface area contributed by atoms with Crippen LogP contribution >= 0.6 is 0 Å². The van der Waals surface area contributed by atoms with E-state index < -0.39 is 52.9 Å². The number of amides is 4. The number of esters is 1. The fraction of sp³-hybridized carbons (Fsp3) is 0.370. The van der Waals surface area contributed by atoms with Gasteiger partial charge in [-0.3, -0.25) is 4.98 Å². The molecule has 1 aromatic heterocycles. The van der Waals surface area contributed by atoms with E-state index in [2.05, 4.69) is 15.2 Å². The maximum atomic E-state index is 14.1. The molecule has 3 heterocycles. The Kier molecular flexibility index (Phi) is 9.04. The van der Waals surface area contributed by atoms with Crippen molar-refractivity contribution in [1.82, 2.24) is 25.4 Å². The maximum Gasteiger partial charge on any atom is 0.353 e. The van der Waals surface area contributed by atoms with Gasteiger partial charge in [0.25, 0.3) is 0 Å². The lowest BCUT2D eigenvalue weighted by Gasteiger charge is -2.36. The summed E-state index contributed by atoms with van der Waals surface area (Å²) in [7, 11) is 0.983. The molecule has 0 spiro atoms. The van der Waals surface area contributed by atoms with Crippen LogP contribution in [0.3, 0.4) is 0 Å². The Morgan fingerprint density at radius 3 is 2.52 bits per heavy atom. The van der Waals surface area contributed by atoms with Gasteiger partial charge in [-0.25, -0.2) is 32.9 Å². The van der Waals surface area contributed by atoms with Gasteiger partial charge in [0.1, 0.15) is 11.7 Å². The zero-order valence-corrected chi connectivity index (χ0v) is 21.7. The van der Waals surface area contributed by atoms with Gasteiger partial charge in [0.2, 0.25) is 0 Å². The third-order valence-electron chi connectivity index (χ3n) is 6.97. The number of piperidine rings is 1. The molecule has 0 bridgehead atoms. The van der Waals surface area contributed by atoms with Crippen molar-refractivity contribution in [2.45, 2.75) is 31.2 Å². The molecule has 0 saturated carbocycles. The van der Waals surface area contributed by atoms with Gasteiger partial charge in [-0.05, 0) is 68.7 Å². The maximum absolute atomic E-state index is 14.1. The van der Waals surface area contributed by atoms with Crippen LogP contribution in [0.15, 0.2) is 53.9 Å². The zero-order valence-electron chi connectivity index (χ0n) is 21.7. The number of nitrogens with one attached hydrogen (secondary N) is 2. The Balaban J connectivity index is 1.44. The van der Waals surface area contributed by atoms with Gasteiger partial charge in [0.15, 0.2) is 11.6 Å². The van der Waals surface area contributed by atoms with Crippen LogP contribution in [0.5, 0.6) is 0 Å². The van der Waals surface area contributed by atoms with Crippen molar-refractivity contribution in [3.63, 3.8) is 0 Å². The number of pyridine rings is 1. The number of carboxylic acid groups (broad SMARTS) is 1. The summed E-state index contributed by atoms with van der Waals surface area (Å²) in [4.78, 5) is 57.8. The van der Waals surface area contributed by atoms with Crippen molar-refractivity contribution < 1.29 is 37.8 Å². The summed E-state index contributed by atoms with van der Waals surface area (Å²) in [6.45, 7) is 2.58. The Bertz CT molecular complexity index is 1310. The minimum atomic E-state index is -1.69. The number of imide groups is 1. The number of urea groups is 2. The van der Waals surface area contributed by atoms with E-state index in [9.17, 15) is 33.1 Å². The number of aromatic nitrogens is 1. The van der Waals surface area contributed by atoms with Crippen molar-refractivity contribution in [3.05, 3.63) is 76.8 Å². The van der Waals surface area contributed by atoms with Crippen LogP contribution in [0.2, 0.25) is 0 Å². The molecular formula is C27H29F2N5O6. The van der Waals surface area contributed by atoms with E-state index in [1.165, 1.54) is 0 Å². The Morgan fingerprint density at radius 2 is 1.90 bits per heavy atom. The van der Waals surface area contributed by atoms with E-state index in [-0.39, 0.29) is 12.1 Å². The van der Waals surface area contributed by atoms with Crippen molar-refractivity contribution in [3.8, 4) is 0 Å². The molecule has 0 aliphatic carbocycles. The van der Waals surface area contributed by atoms with Gasteiger partial charge in [-0.1, -0.05) is 12.1 Å². The van der Waals surface area contributed by atoms with Crippen molar-refractivity contribution >= 4 is 24.0 Å².